The molecule has 1 rings (SSSR count). The fourth-order valence-corrected chi connectivity index (χ4v) is 1.69. The topological polar surface area (TPSA) is 104 Å². The number of phosphoric acid groups is 1. The first-order valence-electron chi connectivity index (χ1n) is 4.23. The van der Waals surface area contributed by atoms with Gasteiger partial charge in [-0.1, -0.05) is 23.7 Å². The summed E-state index contributed by atoms with van der Waals surface area (Å²) in [4.78, 5) is 27.8. The minimum Gasteiger partial charge on any atom is -0.478 e. The van der Waals surface area contributed by atoms with E-state index in [1.165, 1.54) is 24.3 Å². The number of carboxylic acid groups (broad SMARTS) is 1. The standard InChI is InChI=1S/C9H8ClO6P/c10-5-8(16-17(13,14)15)6-1-3-7(4-2-6)9(11)12/h1-5H,(H,11,12)(H2,13,14,15)/b8-5-. The van der Waals surface area contributed by atoms with Crippen LogP contribution in [0.15, 0.2) is 29.8 Å². The Bertz CT molecular complexity index is 489. The van der Waals surface area contributed by atoms with Crippen LogP contribution in [0.25, 0.3) is 5.76 Å². The Kier molecular flexibility index (Phi) is 4.31. The molecule has 0 aliphatic carbocycles. The molecule has 0 fully saturated rings. The monoisotopic (exact) mass is 278 g/mol. The second-order valence-electron chi connectivity index (χ2n) is 2.94. The number of carbonyl (C=O) groups is 1. The van der Waals surface area contributed by atoms with E-state index in [9.17, 15) is 9.36 Å². The predicted octanol–water partition coefficient (Wildman–Crippen LogP) is 2.03. The van der Waals surface area contributed by atoms with Crippen molar-refractivity contribution in [1.82, 2.24) is 0 Å². The molecule has 0 saturated heterocycles. The van der Waals surface area contributed by atoms with Crippen molar-refractivity contribution in [2.75, 3.05) is 0 Å². The summed E-state index contributed by atoms with van der Waals surface area (Å²) in [5.74, 6) is -1.35. The van der Waals surface area contributed by atoms with Crippen LogP contribution in [0.1, 0.15) is 15.9 Å². The van der Waals surface area contributed by atoms with Gasteiger partial charge in [-0.05, 0) is 12.1 Å². The second kappa shape index (κ2) is 5.33. The molecule has 8 heteroatoms. The zero-order chi connectivity index (χ0) is 13.1. The number of carboxylic acids is 1. The lowest BCUT2D eigenvalue weighted by Crippen LogP contribution is -1.96. The van der Waals surface area contributed by atoms with Gasteiger partial charge in [0.05, 0.1) is 5.56 Å². The van der Waals surface area contributed by atoms with E-state index in [2.05, 4.69) is 4.52 Å². The maximum Gasteiger partial charge on any atom is 0.524 e. The van der Waals surface area contributed by atoms with Crippen LogP contribution in [-0.4, -0.2) is 20.9 Å². The molecule has 0 aliphatic heterocycles. The van der Waals surface area contributed by atoms with Gasteiger partial charge >= 0.3 is 13.8 Å². The SMILES string of the molecule is O=C(O)c1ccc(/C(=C/Cl)OP(=O)(O)O)cc1. The van der Waals surface area contributed by atoms with E-state index in [0.717, 1.165) is 5.54 Å². The highest BCUT2D eigenvalue weighted by molar-refractivity contribution is 7.46. The Balaban J connectivity index is 2.99. The van der Waals surface area contributed by atoms with E-state index < -0.39 is 13.8 Å². The van der Waals surface area contributed by atoms with Gasteiger partial charge in [0.25, 0.3) is 0 Å². The van der Waals surface area contributed by atoms with E-state index >= 15 is 0 Å². The molecular weight excluding hydrogens is 271 g/mol. The molecule has 92 valence electrons. The van der Waals surface area contributed by atoms with Crippen LogP contribution in [0.5, 0.6) is 0 Å². The van der Waals surface area contributed by atoms with Crippen LogP contribution in [0.2, 0.25) is 0 Å². The van der Waals surface area contributed by atoms with Gasteiger partial charge in [-0.3, -0.25) is 9.79 Å². The van der Waals surface area contributed by atoms with Crippen LogP contribution in [0.3, 0.4) is 0 Å². The quantitative estimate of drug-likeness (QED) is 0.575. The summed E-state index contributed by atoms with van der Waals surface area (Å²) in [6, 6.07) is 5.18. The third-order valence-electron chi connectivity index (χ3n) is 1.73. The van der Waals surface area contributed by atoms with Crippen molar-refractivity contribution < 1.29 is 28.8 Å². The molecule has 0 aliphatic rings. The van der Waals surface area contributed by atoms with Crippen molar-refractivity contribution in [3.8, 4) is 0 Å². The normalized spacial score (nSPS) is 12.3. The lowest BCUT2D eigenvalue weighted by atomic mass is 10.1. The number of halogens is 1. The number of hydrogen-bond acceptors (Lipinski definition) is 3. The Morgan fingerprint density at radius 2 is 1.71 bits per heavy atom. The van der Waals surface area contributed by atoms with Crippen LogP contribution in [0, 0.1) is 0 Å². The fourth-order valence-electron chi connectivity index (χ4n) is 1.04. The van der Waals surface area contributed by atoms with E-state index in [1.807, 2.05) is 0 Å². The number of aromatic carboxylic acids is 1. The smallest absolute Gasteiger partial charge is 0.478 e. The van der Waals surface area contributed by atoms with E-state index in [0.29, 0.717) is 0 Å². The van der Waals surface area contributed by atoms with Crippen molar-refractivity contribution in [2.24, 2.45) is 0 Å². The number of hydrogen-bond donors (Lipinski definition) is 3. The molecule has 0 atom stereocenters. The molecule has 3 N–H and O–H groups in total. The lowest BCUT2D eigenvalue weighted by molar-refractivity contribution is 0.0696. The zero-order valence-electron chi connectivity index (χ0n) is 8.28. The van der Waals surface area contributed by atoms with Crippen molar-refractivity contribution >= 4 is 31.2 Å². The third-order valence-corrected chi connectivity index (χ3v) is 2.37. The summed E-state index contributed by atoms with van der Waals surface area (Å²) in [5, 5.41) is 8.66. The minimum absolute atomic E-state index is 0.0406. The van der Waals surface area contributed by atoms with Crippen LogP contribution in [-0.2, 0) is 9.09 Å². The molecule has 0 spiro atoms. The number of benzene rings is 1. The third kappa shape index (κ3) is 4.20. The summed E-state index contributed by atoms with van der Waals surface area (Å²) in [6.07, 6.45) is 0. The molecule has 1 aromatic carbocycles. The summed E-state index contributed by atoms with van der Waals surface area (Å²) in [5.41, 5.74) is 1.15. The highest BCUT2D eigenvalue weighted by Gasteiger charge is 2.18. The average Bonchev–Trinajstić information content (AvgIpc) is 2.25. The van der Waals surface area contributed by atoms with Crippen LogP contribution in [0.4, 0.5) is 0 Å². The van der Waals surface area contributed by atoms with Gasteiger partial charge in [0.2, 0.25) is 0 Å². The van der Waals surface area contributed by atoms with E-state index in [1.54, 1.807) is 0 Å². The first-order valence-corrected chi connectivity index (χ1v) is 6.19. The maximum absolute atomic E-state index is 10.6. The molecule has 17 heavy (non-hydrogen) atoms. The first kappa shape index (κ1) is 13.7. The molecule has 0 bridgehead atoms. The highest BCUT2D eigenvalue weighted by Crippen LogP contribution is 2.42. The van der Waals surface area contributed by atoms with E-state index in [-0.39, 0.29) is 16.9 Å². The Morgan fingerprint density at radius 3 is 2.06 bits per heavy atom. The van der Waals surface area contributed by atoms with E-state index in [4.69, 9.17) is 26.5 Å². The molecule has 6 nitrogen and oxygen atoms in total. The van der Waals surface area contributed by atoms with Gasteiger partial charge in [-0.25, -0.2) is 9.36 Å². The molecule has 0 unspecified atom stereocenters. The lowest BCUT2D eigenvalue weighted by Gasteiger charge is -2.10. The first-order chi connectivity index (χ1) is 7.83. The Morgan fingerprint density at radius 1 is 1.24 bits per heavy atom. The van der Waals surface area contributed by atoms with Crippen molar-refractivity contribution in [1.29, 1.82) is 0 Å². The van der Waals surface area contributed by atoms with Crippen molar-refractivity contribution in [3.05, 3.63) is 40.9 Å². The molecule has 0 amide bonds. The fraction of sp³-hybridized carbons (Fsp3) is 0. The van der Waals surface area contributed by atoms with Crippen molar-refractivity contribution in [2.45, 2.75) is 0 Å². The van der Waals surface area contributed by atoms with Gasteiger partial charge in [0.15, 0.2) is 0 Å². The second-order valence-corrected chi connectivity index (χ2v) is 4.32. The Hall–Kier alpha value is -1.33. The molecule has 0 heterocycles. The van der Waals surface area contributed by atoms with Crippen molar-refractivity contribution in [3.63, 3.8) is 0 Å². The summed E-state index contributed by atoms with van der Waals surface area (Å²) in [6.45, 7) is 0. The minimum atomic E-state index is -4.70. The molecule has 0 aromatic heterocycles. The summed E-state index contributed by atoms with van der Waals surface area (Å²) < 4.78 is 14.9. The van der Waals surface area contributed by atoms with Gasteiger partial charge < -0.3 is 9.63 Å². The number of rotatable bonds is 4. The van der Waals surface area contributed by atoms with Gasteiger partial charge in [-0.15, -0.1) is 0 Å². The molecule has 0 radical (unpaired) electrons. The van der Waals surface area contributed by atoms with Gasteiger partial charge in [-0.2, -0.15) is 0 Å². The predicted molar refractivity (Wildman–Crippen MR) is 60.4 cm³/mol. The Labute approximate surface area is 101 Å². The molecule has 1 aromatic rings. The largest absolute Gasteiger partial charge is 0.524 e. The maximum atomic E-state index is 10.6. The molecule has 0 saturated carbocycles. The van der Waals surface area contributed by atoms with Gasteiger partial charge in [0, 0.05) is 11.1 Å². The summed E-state index contributed by atoms with van der Waals surface area (Å²) >= 11 is 5.36. The van der Waals surface area contributed by atoms with Crippen LogP contribution < -0.4 is 0 Å². The van der Waals surface area contributed by atoms with Crippen LogP contribution >= 0.6 is 19.4 Å². The number of phosphoric ester groups is 1. The van der Waals surface area contributed by atoms with Gasteiger partial charge in [0.1, 0.15) is 5.76 Å². The molecular formula is C9H8ClO6P. The zero-order valence-corrected chi connectivity index (χ0v) is 9.93. The highest BCUT2D eigenvalue weighted by atomic mass is 35.5. The summed E-state index contributed by atoms with van der Waals surface area (Å²) in [7, 11) is -4.70. The average molecular weight is 279 g/mol.